The molecule has 2 aromatic rings. The van der Waals surface area contributed by atoms with Crippen molar-refractivity contribution in [3.63, 3.8) is 0 Å². The summed E-state index contributed by atoms with van der Waals surface area (Å²) in [6.45, 7) is 0. The summed E-state index contributed by atoms with van der Waals surface area (Å²) in [7, 11) is -3.72. The predicted molar refractivity (Wildman–Crippen MR) is 88.7 cm³/mol. The average Bonchev–Trinajstić information content (AvgIpc) is 2.47. The molecule has 7 heteroatoms. The van der Waals surface area contributed by atoms with Gasteiger partial charge in [0.15, 0.2) is 0 Å². The van der Waals surface area contributed by atoms with Crippen LogP contribution in [-0.4, -0.2) is 8.42 Å². The summed E-state index contributed by atoms with van der Waals surface area (Å²) in [5.74, 6) is 0. The van der Waals surface area contributed by atoms with Gasteiger partial charge in [-0.1, -0.05) is 44.0 Å². The van der Waals surface area contributed by atoms with Gasteiger partial charge in [-0.25, -0.2) is 8.42 Å². The minimum absolute atomic E-state index is 0.149. The van der Waals surface area contributed by atoms with Gasteiger partial charge in [0.2, 0.25) is 0 Å². The summed E-state index contributed by atoms with van der Waals surface area (Å²) in [6, 6.07) is 13.3. The van der Waals surface area contributed by atoms with Gasteiger partial charge in [-0.3, -0.25) is 4.72 Å². The Bertz CT molecular complexity index is 797. The monoisotopic (exact) mass is 428 g/mol. The van der Waals surface area contributed by atoms with Crippen molar-refractivity contribution in [2.45, 2.75) is 10.2 Å². The highest BCUT2D eigenvalue weighted by atomic mass is 79.9. The highest BCUT2D eigenvalue weighted by molar-refractivity contribution is 9.10. The van der Waals surface area contributed by atoms with E-state index in [1.807, 2.05) is 6.07 Å². The van der Waals surface area contributed by atoms with Gasteiger partial charge in [0.25, 0.3) is 10.0 Å². The number of alkyl halides is 1. The lowest BCUT2D eigenvalue weighted by Gasteiger charge is -2.10. The van der Waals surface area contributed by atoms with E-state index in [9.17, 15) is 8.42 Å². The Kier molecular flexibility index (Phi) is 5.04. The number of nitriles is 1. The Hall–Kier alpha value is -1.36. The number of hydrogen-bond acceptors (Lipinski definition) is 3. The van der Waals surface area contributed by atoms with E-state index in [1.54, 1.807) is 30.3 Å². The second-order valence-corrected chi connectivity index (χ2v) is 7.34. The van der Waals surface area contributed by atoms with E-state index in [-0.39, 0.29) is 16.1 Å². The zero-order valence-electron chi connectivity index (χ0n) is 10.7. The van der Waals surface area contributed by atoms with Crippen molar-refractivity contribution < 1.29 is 8.42 Å². The van der Waals surface area contributed by atoms with E-state index >= 15 is 0 Å². The first-order valence-electron chi connectivity index (χ1n) is 5.83. The molecule has 0 saturated carbocycles. The molecule has 4 nitrogen and oxygen atoms in total. The number of rotatable bonds is 4. The van der Waals surface area contributed by atoms with E-state index in [0.717, 1.165) is 5.56 Å². The van der Waals surface area contributed by atoms with Crippen LogP contribution in [0.5, 0.6) is 0 Å². The molecule has 2 rings (SSSR count). The van der Waals surface area contributed by atoms with Gasteiger partial charge in [-0.05, 0) is 35.9 Å². The maximum Gasteiger partial charge on any atom is 0.261 e. The lowest BCUT2D eigenvalue weighted by Crippen LogP contribution is -2.13. The first-order chi connectivity index (χ1) is 9.96. The number of anilines is 1. The highest BCUT2D eigenvalue weighted by Gasteiger charge is 2.16. The Morgan fingerprint density at radius 3 is 2.38 bits per heavy atom. The second-order valence-electron chi connectivity index (χ2n) is 4.18. The van der Waals surface area contributed by atoms with Crippen LogP contribution in [0.25, 0.3) is 0 Å². The van der Waals surface area contributed by atoms with Crippen molar-refractivity contribution in [2.75, 3.05) is 4.72 Å². The number of nitrogens with one attached hydrogen (secondary N) is 1. The molecule has 108 valence electrons. The van der Waals surface area contributed by atoms with Gasteiger partial charge in [0.05, 0.1) is 16.1 Å². The Labute approximate surface area is 140 Å². The van der Waals surface area contributed by atoms with Gasteiger partial charge in [-0.2, -0.15) is 5.26 Å². The quantitative estimate of drug-likeness (QED) is 0.746. The molecule has 2 aromatic carbocycles. The smallest absolute Gasteiger partial charge is 0.261 e. The molecule has 0 heterocycles. The number of hydrogen-bond donors (Lipinski definition) is 1. The normalized spacial score (nSPS) is 10.9. The third kappa shape index (κ3) is 3.84. The Morgan fingerprint density at radius 1 is 1.14 bits per heavy atom. The van der Waals surface area contributed by atoms with Gasteiger partial charge >= 0.3 is 0 Å². The first kappa shape index (κ1) is 16.0. The third-order valence-corrected chi connectivity index (χ3v) is 5.26. The van der Waals surface area contributed by atoms with Crippen LogP contribution < -0.4 is 4.72 Å². The van der Waals surface area contributed by atoms with Crippen molar-refractivity contribution in [1.29, 1.82) is 5.26 Å². The summed E-state index contributed by atoms with van der Waals surface area (Å²) >= 11 is 6.57. The largest absolute Gasteiger partial charge is 0.278 e. The van der Waals surface area contributed by atoms with E-state index < -0.39 is 10.0 Å². The number of benzene rings is 2. The molecule has 0 aromatic heterocycles. The lowest BCUT2D eigenvalue weighted by atomic mass is 10.2. The van der Waals surface area contributed by atoms with Crippen molar-refractivity contribution in [3.05, 3.63) is 58.1 Å². The van der Waals surface area contributed by atoms with E-state index in [4.69, 9.17) is 5.26 Å². The molecule has 0 aliphatic heterocycles. The van der Waals surface area contributed by atoms with E-state index in [1.165, 1.54) is 12.1 Å². The molecule has 0 fully saturated rings. The van der Waals surface area contributed by atoms with Gasteiger partial charge < -0.3 is 0 Å². The van der Waals surface area contributed by atoms with Crippen LogP contribution in [0.1, 0.15) is 11.1 Å². The van der Waals surface area contributed by atoms with E-state index in [0.29, 0.717) is 9.80 Å². The maximum atomic E-state index is 12.3. The molecule has 0 aliphatic carbocycles. The zero-order chi connectivity index (χ0) is 15.5. The number of nitrogens with zero attached hydrogens (tertiary/aromatic N) is 1. The fraction of sp³-hybridized carbons (Fsp3) is 0.0714. The summed E-state index contributed by atoms with van der Waals surface area (Å²) in [4.78, 5) is 0.149. The topological polar surface area (TPSA) is 70.0 Å². The van der Waals surface area contributed by atoms with Crippen LogP contribution in [0.3, 0.4) is 0 Å². The summed E-state index contributed by atoms with van der Waals surface area (Å²) in [5, 5.41) is 9.70. The maximum absolute atomic E-state index is 12.3. The van der Waals surface area contributed by atoms with Crippen LogP contribution in [0.15, 0.2) is 51.8 Å². The minimum atomic E-state index is -3.72. The fourth-order valence-electron chi connectivity index (χ4n) is 1.66. The van der Waals surface area contributed by atoms with Crippen molar-refractivity contribution in [2.24, 2.45) is 0 Å². The zero-order valence-corrected chi connectivity index (χ0v) is 14.7. The summed E-state index contributed by atoms with van der Waals surface area (Å²) in [6.07, 6.45) is 0. The summed E-state index contributed by atoms with van der Waals surface area (Å²) < 4.78 is 27.8. The molecule has 0 amide bonds. The SMILES string of the molecule is N#Cc1ccc(Br)cc1NS(=O)(=O)c1ccc(CBr)cc1. The van der Waals surface area contributed by atoms with Crippen LogP contribution in [-0.2, 0) is 15.4 Å². The highest BCUT2D eigenvalue weighted by Crippen LogP contribution is 2.24. The second kappa shape index (κ2) is 6.60. The molecular formula is C14H10Br2N2O2S. The molecule has 0 bridgehead atoms. The summed E-state index contributed by atoms with van der Waals surface area (Å²) in [5.41, 5.74) is 1.49. The standard InChI is InChI=1S/C14H10Br2N2O2S/c15-8-10-1-5-13(6-2-10)21(19,20)18-14-7-12(16)4-3-11(14)9-17/h1-7,18H,8H2. The third-order valence-electron chi connectivity index (χ3n) is 2.73. The van der Waals surface area contributed by atoms with E-state index in [2.05, 4.69) is 36.6 Å². The Morgan fingerprint density at radius 2 is 1.81 bits per heavy atom. The minimum Gasteiger partial charge on any atom is -0.278 e. The predicted octanol–water partition coefficient (Wildman–Crippen LogP) is 4.02. The van der Waals surface area contributed by atoms with Gasteiger partial charge in [0, 0.05) is 9.80 Å². The molecule has 1 N–H and O–H groups in total. The first-order valence-corrected chi connectivity index (χ1v) is 9.23. The molecule has 21 heavy (non-hydrogen) atoms. The van der Waals surface area contributed by atoms with Crippen LogP contribution in [0.4, 0.5) is 5.69 Å². The van der Waals surface area contributed by atoms with Crippen LogP contribution >= 0.6 is 31.9 Å². The van der Waals surface area contributed by atoms with Crippen LogP contribution in [0.2, 0.25) is 0 Å². The number of sulfonamides is 1. The van der Waals surface area contributed by atoms with Crippen molar-refractivity contribution in [1.82, 2.24) is 0 Å². The molecule has 0 spiro atoms. The average molecular weight is 430 g/mol. The molecule has 0 saturated heterocycles. The molecule has 0 atom stereocenters. The molecular weight excluding hydrogens is 420 g/mol. The molecule has 0 radical (unpaired) electrons. The van der Waals surface area contributed by atoms with Gasteiger partial charge in [0.1, 0.15) is 6.07 Å². The lowest BCUT2D eigenvalue weighted by molar-refractivity contribution is 0.601. The Balaban J connectivity index is 2.37. The van der Waals surface area contributed by atoms with Crippen molar-refractivity contribution >= 4 is 47.6 Å². The van der Waals surface area contributed by atoms with Crippen LogP contribution in [0, 0.1) is 11.3 Å². The molecule has 0 unspecified atom stereocenters. The molecule has 0 aliphatic rings. The number of halogens is 2. The van der Waals surface area contributed by atoms with Crippen molar-refractivity contribution in [3.8, 4) is 6.07 Å². The van der Waals surface area contributed by atoms with Gasteiger partial charge in [-0.15, -0.1) is 0 Å². The fourth-order valence-corrected chi connectivity index (χ4v) is 3.47.